The summed E-state index contributed by atoms with van der Waals surface area (Å²) in [5.41, 5.74) is 1.05. The Balaban J connectivity index is 2.77. The van der Waals surface area contributed by atoms with Crippen molar-refractivity contribution in [1.82, 2.24) is 9.62 Å². The van der Waals surface area contributed by atoms with Crippen LogP contribution in [0.15, 0.2) is 29.2 Å². The van der Waals surface area contributed by atoms with Crippen molar-refractivity contribution in [3.05, 3.63) is 29.8 Å². The average molecular weight is 286 g/mol. The summed E-state index contributed by atoms with van der Waals surface area (Å²) >= 11 is 0. The lowest BCUT2D eigenvalue weighted by molar-refractivity contribution is 0.196. The zero-order valence-electron chi connectivity index (χ0n) is 11.9. The third-order valence-corrected chi connectivity index (χ3v) is 4.74. The Morgan fingerprint density at radius 2 is 1.84 bits per heavy atom. The van der Waals surface area contributed by atoms with Crippen molar-refractivity contribution < 1.29 is 13.2 Å². The molecule has 0 radical (unpaired) electrons. The Kier molecular flexibility index (Phi) is 5.93. The van der Waals surface area contributed by atoms with Gasteiger partial charge in [-0.1, -0.05) is 12.1 Å². The summed E-state index contributed by atoms with van der Waals surface area (Å²) < 4.78 is 30.0. The molecule has 0 spiro atoms. The van der Waals surface area contributed by atoms with E-state index in [1.54, 1.807) is 19.2 Å². The Hall–Kier alpha value is -0.950. The molecule has 0 aliphatic heterocycles. The minimum absolute atomic E-state index is 0.159. The lowest BCUT2D eigenvalue weighted by Gasteiger charge is -2.15. The number of hydrogen-bond donors (Lipinski definition) is 1. The number of nitrogens with zero attached hydrogens (tertiary/aromatic N) is 1. The van der Waals surface area contributed by atoms with Gasteiger partial charge in [-0.15, -0.1) is 0 Å². The molecule has 0 saturated carbocycles. The molecule has 1 atom stereocenters. The number of ether oxygens (including phenoxy) is 1. The van der Waals surface area contributed by atoms with Crippen molar-refractivity contribution in [2.75, 3.05) is 34.4 Å². The molecule has 0 aromatic heterocycles. The first-order valence-corrected chi connectivity index (χ1v) is 7.58. The quantitative estimate of drug-likeness (QED) is 0.766. The summed E-state index contributed by atoms with van der Waals surface area (Å²) in [6.07, 6.45) is 0. The highest BCUT2D eigenvalue weighted by molar-refractivity contribution is 7.89. The van der Waals surface area contributed by atoms with Crippen LogP contribution in [0.3, 0.4) is 0 Å². The van der Waals surface area contributed by atoms with Gasteiger partial charge in [-0.2, -0.15) is 0 Å². The zero-order chi connectivity index (χ0) is 14.5. The molecule has 1 aromatic carbocycles. The second-order valence-electron chi connectivity index (χ2n) is 4.53. The van der Waals surface area contributed by atoms with Gasteiger partial charge in [0.25, 0.3) is 0 Å². The van der Waals surface area contributed by atoms with Gasteiger partial charge in [0.2, 0.25) is 10.0 Å². The summed E-state index contributed by atoms with van der Waals surface area (Å²) in [6, 6.07) is 7.10. The van der Waals surface area contributed by atoms with E-state index in [1.165, 1.54) is 18.4 Å². The van der Waals surface area contributed by atoms with E-state index in [0.29, 0.717) is 11.5 Å². The van der Waals surface area contributed by atoms with Crippen LogP contribution in [0.1, 0.15) is 18.5 Å². The first-order chi connectivity index (χ1) is 8.89. The SMILES string of the molecule is COCCNC(C)c1ccc(S(=O)(=O)N(C)C)cc1. The highest BCUT2D eigenvalue weighted by Crippen LogP contribution is 2.17. The van der Waals surface area contributed by atoms with E-state index < -0.39 is 10.0 Å². The maximum Gasteiger partial charge on any atom is 0.242 e. The van der Waals surface area contributed by atoms with E-state index in [9.17, 15) is 8.42 Å². The van der Waals surface area contributed by atoms with Crippen LogP contribution >= 0.6 is 0 Å². The molecule has 5 nitrogen and oxygen atoms in total. The second kappa shape index (κ2) is 7.00. The van der Waals surface area contributed by atoms with Gasteiger partial charge in [0, 0.05) is 33.8 Å². The lowest BCUT2D eigenvalue weighted by atomic mass is 10.1. The van der Waals surface area contributed by atoms with Gasteiger partial charge in [0.15, 0.2) is 0 Å². The van der Waals surface area contributed by atoms with Crippen molar-refractivity contribution in [2.45, 2.75) is 17.9 Å². The zero-order valence-corrected chi connectivity index (χ0v) is 12.7. The molecule has 0 aliphatic carbocycles. The Bertz CT molecular complexity index is 483. The smallest absolute Gasteiger partial charge is 0.242 e. The first-order valence-electron chi connectivity index (χ1n) is 6.14. The Morgan fingerprint density at radius 1 is 1.26 bits per heavy atom. The fourth-order valence-electron chi connectivity index (χ4n) is 1.63. The summed E-state index contributed by atoms with van der Waals surface area (Å²) in [6.45, 7) is 3.44. The van der Waals surface area contributed by atoms with Crippen LogP contribution in [0.25, 0.3) is 0 Å². The molecular formula is C13H22N2O3S. The summed E-state index contributed by atoms with van der Waals surface area (Å²) in [5.74, 6) is 0. The van der Waals surface area contributed by atoms with Crippen LogP contribution in [0.2, 0.25) is 0 Å². The molecule has 0 heterocycles. The van der Waals surface area contributed by atoms with Gasteiger partial charge >= 0.3 is 0 Å². The van der Waals surface area contributed by atoms with Crippen molar-refractivity contribution >= 4 is 10.0 Å². The molecule has 1 unspecified atom stereocenters. The number of rotatable bonds is 7. The number of benzene rings is 1. The summed E-state index contributed by atoms with van der Waals surface area (Å²) in [5, 5.41) is 3.30. The molecule has 6 heteroatoms. The molecule has 0 aliphatic rings. The van der Waals surface area contributed by atoms with Crippen molar-refractivity contribution in [1.29, 1.82) is 0 Å². The normalized spacial score (nSPS) is 13.7. The van der Waals surface area contributed by atoms with Crippen LogP contribution in [0, 0.1) is 0 Å². The molecule has 1 N–H and O–H groups in total. The topological polar surface area (TPSA) is 58.6 Å². The van der Waals surface area contributed by atoms with E-state index in [-0.39, 0.29) is 6.04 Å². The second-order valence-corrected chi connectivity index (χ2v) is 6.68. The fraction of sp³-hybridized carbons (Fsp3) is 0.538. The molecule has 108 valence electrons. The summed E-state index contributed by atoms with van der Waals surface area (Å²) in [4.78, 5) is 0.311. The minimum atomic E-state index is -3.35. The lowest BCUT2D eigenvalue weighted by Crippen LogP contribution is -2.24. The largest absolute Gasteiger partial charge is 0.383 e. The number of hydrogen-bond acceptors (Lipinski definition) is 4. The average Bonchev–Trinajstić information content (AvgIpc) is 2.39. The Morgan fingerprint density at radius 3 is 2.32 bits per heavy atom. The van der Waals surface area contributed by atoms with E-state index in [0.717, 1.165) is 12.1 Å². The van der Waals surface area contributed by atoms with Gasteiger partial charge in [0.05, 0.1) is 11.5 Å². The van der Waals surface area contributed by atoms with E-state index >= 15 is 0 Å². The molecule has 0 saturated heterocycles. The van der Waals surface area contributed by atoms with E-state index in [2.05, 4.69) is 5.32 Å². The third-order valence-electron chi connectivity index (χ3n) is 2.92. The molecule has 1 rings (SSSR count). The van der Waals surface area contributed by atoms with Crippen LogP contribution in [-0.4, -0.2) is 47.1 Å². The van der Waals surface area contributed by atoms with Crippen LogP contribution in [-0.2, 0) is 14.8 Å². The van der Waals surface area contributed by atoms with E-state index in [4.69, 9.17) is 4.74 Å². The Labute approximate surface area is 115 Å². The first kappa shape index (κ1) is 16.1. The van der Waals surface area contributed by atoms with Crippen molar-refractivity contribution in [2.24, 2.45) is 0 Å². The van der Waals surface area contributed by atoms with Crippen molar-refractivity contribution in [3.63, 3.8) is 0 Å². The monoisotopic (exact) mass is 286 g/mol. The maximum absolute atomic E-state index is 11.9. The highest BCUT2D eigenvalue weighted by atomic mass is 32.2. The van der Waals surface area contributed by atoms with Gasteiger partial charge < -0.3 is 10.1 Å². The van der Waals surface area contributed by atoms with E-state index in [1.807, 2.05) is 19.1 Å². The fourth-order valence-corrected chi connectivity index (χ4v) is 2.54. The van der Waals surface area contributed by atoms with Crippen LogP contribution in [0.4, 0.5) is 0 Å². The highest BCUT2D eigenvalue weighted by Gasteiger charge is 2.17. The number of nitrogens with one attached hydrogen (secondary N) is 1. The molecule has 0 fully saturated rings. The molecule has 1 aromatic rings. The summed E-state index contributed by atoms with van der Waals surface area (Å²) in [7, 11) is 1.36. The minimum Gasteiger partial charge on any atom is -0.383 e. The van der Waals surface area contributed by atoms with Crippen LogP contribution in [0.5, 0.6) is 0 Å². The van der Waals surface area contributed by atoms with Gasteiger partial charge in [-0.05, 0) is 24.6 Å². The van der Waals surface area contributed by atoms with Crippen molar-refractivity contribution in [3.8, 4) is 0 Å². The predicted molar refractivity (Wildman–Crippen MR) is 75.6 cm³/mol. The number of methoxy groups -OCH3 is 1. The molecule has 19 heavy (non-hydrogen) atoms. The standard InChI is InChI=1S/C13H22N2O3S/c1-11(14-9-10-18-4)12-5-7-13(8-6-12)19(16,17)15(2)3/h5-8,11,14H,9-10H2,1-4H3. The molecule has 0 bridgehead atoms. The van der Waals surface area contributed by atoms with Crippen LogP contribution < -0.4 is 5.32 Å². The molecular weight excluding hydrogens is 264 g/mol. The maximum atomic E-state index is 11.9. The molecule has 0 amide bonds. The predicted octanol–water partition coefficient (Wildman–Crippen LogP) is 1.23. The van der Waals surface area contributed by atoms with Gasteiger partial charge in [0.1, 0.15) is 0 Å². The third kappa shape index (κ3) is 4.28. The number of sulfonamides is 1. The van der Waals surface area contributed by atoms with Gasteiger partial charge in [-0.25, -0.2) is 12.7 Å². The van der Waals surface area contributed by atoms with Gasteiger partial charge in [-0.3, -0.25) is 0 Å².